The second kappa shape index (κ2) is 8.16. The molecule has 1 N–H and O–H groups in total. The molecule has 146 valence electrons. The highest BCUT2D eigenvalue weighted by atomic mass is 32.2. The molecule has 0 bridgehead atoms. The molecular weight excluding hydrogens is 394 g/mol. The van der Waals surface area contributed by atoms with Gasteiger partial charge in [0.1, 0.15) is 9.77 Å². The van der Waals surface area contributed by atoms with E-state index in [2.05, 4.69) is 4.72 Å². The molecule has 0 radical (unpaired) electrons. The van der Waals surface area contributed by atoms with Crippen molar-refractivity contribution in [2.45, 2.75) is 25.7 Å². The number of aryl methyl sites for hydroxylation is 1. The van der Waals surface area contributed by atoms with Crippen LogP contribution in [0.15, 0.2) is 58.8 Å². The standard InChI is InChI=1S/C21H21NO4S2/c1-4-26-21(23)19-20(17(13-27-19)16-10-6-5-7-11-16)28(24,25)22-18-12-8-9-14(2)15(18)3/h5-13,22H,4H2,1-3H3. The minimum Gasteiger partial charge on any atom is -0.462 e. The van der Waals surface area contributed by atoms with E-state index in [-0.39, 0.29) is 16.4 Å². The van der Waals surface area contributed by atoms with E-state index in [1.807, 2.05) is 50.2 Å². The fourth-order valence-corrected chi connectivity index (χ4v) is 5.64. The van der Waals surface area contributed by atoms with Crippen LogP contribution in [0.3, 0.4) is 0 Å². The number of anilines is 1. The lowest BCUT2D eigenvalue weighted by molar-refractivity contribution is 0.0528. The van der Waals surface area contributed by atoms with Crippen LogP contribution in [0, 0.1) is 13.8 Å². The first-order valence-electron chi connectivity index (χ1n) is 8.78. The molecule has 0 saturated carbocycles. The largest absolute Gasteiger partial charge is 0.462 e. The Morgan fingerprint density at radius 2 is 1.79 bits per heavy atom. The fraction of sp³-hybridized carbons (Fsp3) is 0.190. The molecular formula is C21H21NO4S2. The summed E-state index contributed by atoms with van der Waals surface area (Å²) in [7, 11) is -4.02. The summed E-state index contributed by atoms with van der Waals surface area (Å²) in [6, 6.07) is 14.5. The maximum absolute atomic E-state index is 13.3. The van der Waals surface area contributed by atoms with Crippen LogP contribution in [-0.2, 0) is 14.8 Å². The van der Waals surface area contributed by atoms with Crippen molar-refractivity contribution in [3.63, 3.8) is 0 Å². The topological polar surface area (TPSA) is 72.5 Å². The number of thiophene rings is 1. The number of hydrogen-bond donors (Lipinski definition) is 1. The van der Waals surface area contributed by atoms with Crippen LogP contribution in [0.25, 0.3) is 11.1 Å². The number of hydrogen-bond acceptors (Lipinski definition) is 5. The minimum atomic E-state index is -4.02. The molecule has 3 aromatic rings. The molecule has 1 heterocycles. The molecule has 0 fully saturated rings. The lowest BCUT2D eigenvalue weighted by atomic mass is 10.1. The van der Waals surface area contributed by atoms with Gasteiger partial charge in [-0.05, 0) is 43.5 Å². The van der Waals surface area contributed by atoms with E-state index in [1.54, 1.807) is 24.4 Å². The number of esters is 1. The van der Waals surface area contributed by atoms with Gasteiger partial charge in [-0.2, -0.15) is 0 Å². The second-order valence-corrected chi connectivity index (χ2v) is 8.75. The van der Waals surface area contributed by atoms with Gasteiger partial charge in [-0.3, -0.25) is 4.72 Å². The molecule has 0 saturated heterocycles. The van der Waals surface area contributed by atoms with Crippen molar-refractivity contribution in [3.05, 3.63) is 69.9 Å². The molecule has 2 aromatic carbocycles. The molecule has 0 aliphatic carbocycles. The molecule has 0 spiro atoms. The summed E-state index contributed by atoms with van der Waals surface area (Å²) < 4.78 is 34.4. The van der Waals surface area contributed by atoms with Gasteiger partial charge in [-0.25, -0.2) is 13.2 Å². The van der Waals surface area contributed by atoms with E-state index < -0.39 is 16.0 Å². The molecule has 0 aliphatic rings. The molecule has 1 aromatic heterocycles. The van der Waals surface area contributed by atoms with Crippen LogP contribution >= 0.6 is 11.3 Å². The fourth-order valence-electron chi connectivity index (χ4n) is 2.83. The molecule has 3 rings (SSSR count). The summed E-state index contributed by atoms with van der Waals surface area (Å²) in [5.74, 6) is -0.643. The Labute approximate surface area is 169 Å². The molecule has 5 nitrogen and oxygen atoms in total. The van der Waals surface area contributed by atoms with Gasteiger partial charge < -0.3 is 4.74 Å². The van der Waals surface area contributed by atoms with Crippen LogP contribution < -0.4 is 4.72 Å². The van der Waals surface area contributed by atoms with Crippen LogP contribution in [0.4, 0.5) is 5.69 Å². The highest BCUT2D eigenvalue weighted by molar-refractivity contribution is 7.93. The van der Waals surface area contributed by atoms with Gasteiger partial charge in [0.25, 0.3) is 10.0 Å². The normalized spacial score (nSPS) is 11.2. The van der Waals surface area contributed by atoms with Crippen molar-refractivity contribution >= 4 is 33.0 Å². The predicted octanol–water partition coefficient (Wildman–Crippen LogP) is 5.01. The smallest absolute Gasteiger partial charge is 0.349 e. The number of carbonyl (C=O) groups excluding carboxylic acids is 1. The van der Waals surface area contributed by atoms with E-state index in [0.717, 1.165) is 28.0 Å². The summed E-state index contributed by atoms with van der Waals surface area (Å²) in [4.78, 5) is 12.4. The van der Waals surface area contributed by atoms with Crippen LogP contribution in [-0.4, -0.2) is 21.0 Å². The van der Waals surface area contributed by atoms with Crippen molar-refractivity contribution in [1.82, 2.24) is 0 Å². The molecule has 28 heavy (non-hydrogen) atoms. The lowest BCUT2D eigenvalue weighted by Crippen LogP contribution is -2.18. The summed E-state index contributed by atoms with van der Waals surface area (Å²) in [6.07, 6.45) is 0. The minimum absolute atomic E-state index is 0.0527. The van der Waals surface area contributed by atoms with E-state index >= 15 is 0 Å². The number of ether oxygens (including phenoxy) is 1. The van der Waals surface area contributed by atoms with E-state index in [0.29, 0.717) is 11.3 Å². The molecule has 0 atom stereocenters. The van der Waals surface area contributed by atoms with Crippen molar-refractivity contribution < 1.29 is 17.9 Å². The Morgan fingerprint density at radius 1 is 1.07 bits per heavy atom. The predicted molar refractivity (Wildman–Crippen MR) is 112 cm³/mol. The number of benzene rings is 2. The van der Waals surface area contributed by atoms with Crippen LogP contribution in [0.2, 0.25) is 0 Å². The van der Waals surface area contributed by atoms with Gasteiger partial charge in [-0.1, -0.05) is 42.5 Å². The third kappa shape index (κ3) is 3.95. The number of rotatable bonds is 6. The molecule has 0 amide bonds. The first-order valence-corrected chi connectivity index (χ1v) is 11.1. The first kappa shape index (κ1) is 20.1. The van der Waals surface area contributed by atoms with Crippen molar-refractivity contribution in [1.29, 1.82) is 0 Å². The quantitative estimate of drug-likeness (QED) is 0.575. The Kier molecular flexibility index (Phi) is 5.86. The zero-order chi connectivity index (χ0) is 20.3. The van der Waals surface area contributed by atoms with Gasteiger partial charge >= 0.3 is 5.97 Å². The summed E-state index contributed by atoms with van der Waals surface area (Å²) in [6.45, 7) is 5.62. The van der Waals surface area contributed by atoms with Crippen molar-refractivity contribution in [2.75, 3.05) is 11.3 Å². The number of carbonyl (C=O) groups is 1. The zero-order valence-electron chi connectivity index (χ0n) is 15.9. The van der Waals surface area contributed by atoms with E-state index in [9.17, 15) is 13.2 Å². The Hall–Kier alpha value is -2.64. The van der Waals surface area contributed by atoms with Gasteiger partial charge in [0.05, 0.1) is 12.3 Å². The van der Waals surface area contributed by atoms with Crippen molar-refractivity contribution in [3.8, 4) is 11.1 Å². The summed E-state index contributed by atoms with van der Waals surface area (Å²) in [5, 5.41) is 1.68. The van der Waals surface area contributed by atoms with Crippen LogP contribution in [0.5, 0.6) is 0 Å². The molecule has 7 heteroatoms. The maximum atomic E-state index is 13.3. The molecule has 0 unspecified atom stereocenters. The molecule has 0 aliphatic heterocycles. The zero-order valence-corrected chi connectivity index (χ0v) is 17.5. The van der Waals surface area contributed by atoms with Crippen molar-refractivity contribution in [2.24, 2.45) is 0 Å². The Balaban J connectivity index is 2.16. The summed E-state index contributed by atoms with van der Waals surface area (Å²) >= 11 is 1.07. The van der Waals surface area contributed by atoms with Gasteiger partial charge in [0.2, 0.25) is 0 Å². The average Bonchev–Trinajstić information content (AvgIpc) is 3.13. The monoisotopic (exact) mass is 415 g/mol. The van der Waals surface area contributed by atoms with Gasteiger partial charge in [0.15, 0.2) is 0 Å². The van der Waals surface area contributed by atoms with Gasteiger partial charge in [0, 0.05) is 10.9 Å². The Bertz CT molecular complexity index is 1100. The highest BCUT2D eigenvalue weighted by Gasteiger charge is 2.30. The van der Waals surface area contributed by atoms with Gasteiger partial charge in [-0.15, -0.1) is 11.3 Å². The van der Waals surface area contributed by atoms with E-state index in [1.165, 1.54) is 0 Å². The summed E-state index contributed by atoms with van der Waals surface area (Å²) in [5.41, 5.74) is 3.49. The lowest BCUT2D eigenvalue weighted by Gasteiger charge is -2.14. The number of nitrogens with one attached hydrogen (secondary N) is 1. The third-order valence-electron chi connectivity index (χ3n) is 4.41. The van der Waals surface area contributed by atoms with E-state index in [4.69, 9.17) is 4.74 Å². The Morgan fingerprint density at radius 3 is 2.46 bits per heavy atom. The maximum Gasteiger partial charge on any atom is 0.349 e. The third-order valence-corrected chi connectivity index (χ3v) is 6.95. The SMILES string of the molecule is CCOC(=O)c1scc(-c2ccccc2)c1S(=O)(=O)Nc1cccc(C)c1C. The highest BCUT2D eigenvalue weighted by Crippen LogP contribution is 2.37. The van der Waals surface area contributed by atoms with Crippen LogP contribution in [0.1, 0.15) is 27.7 Å². The average molecular weight is 416 g/mol. The first-order chi connectivity index (χ1) is 13.3. The second-order valence-electron chi connectivity index (χ2n) is 6.25. The number of sulfonamides is 1.